The van der Waals surface area contributed by atoms with Gasteiger partial charge in [-0.1, -0.05) is 66.7 Å². The van der Waals surface area contributed by atoms with Crippen molar-refractivity contribution < 1.29 is 4.79 Å². The van der Waals surface area contributed by atoms with Crippen LogP contribution in [0.5, 0.6) is 0 Å². The van der Waals surface area contributed by atoms with Gasteiger partial charge in [-0.15, -0.1) is 0 Å². The molecule has 0 spiro atoms. The summed E-state index contributed by atoms with van der Waals surface area (Å²) < 4.78 is 1.91. The van der Waals surface area contributed by atoms with Crippen LogP contribution in [-0.2, 0) is 17.8 Å². The lowest BCUT2D eigenvalue weighted by Gasteiger charge is -2.08. The van der Waals surface area contributed by atoms with Crippen molar-refractivity contribution in [3.05, 3.63) is 90.3 Å². The van der Waals surface area contributed by atoms with E-state index in [1.54, 1.807) is 0 Å². The number of nitrogens with two attached hydrogens (primary N) is 1. The lowest BCUT2D eigenvalue weighted by atomic mass is 10.0. The first kappa shape index (κ1) is 16.1. The number of carbonyl (C=O) groups excluding carboxylic acids is 1. The largest absolute Gasteiger partial charge is 0.368 e. The van der Waals surface area contributed by atoms with E-state index >= 15 is 0 Å². The van der Waals surface area contributed by atoms with Crippen molar-refractivity contribution >= 4 is 16.9 Å². The van der Waals surface area contributed by atoms with E-state index < -0.39 is 0 Å². The number of primary amides is 1. The van der Waals surface area contributed by atoms with Crippen LogP contribution in [-0.4, -0.2) is 15.5 Å². The molecule has 0 bridgehead atoms. The number of benzene rings is 3. The standard InChI is InChI=1S/C22H19N3O/c23-21(26)15-25-20-9-5-4-8-19(20)24-22(25)14-16-10-12-18(13-11-16)17-6-2-1-3-7-17/h1-13H,14-15H2,(H2,23,26). The number of nitrogens with zero attached hydrogens (tertiary/aromatic N) is 2. The minimum absolute atomic E-state index is 0.137. The lowest BCUT2D eigenvalue weighted by Crippen LogP contribution is -2.20. The number of hydrogen-bond donors (Lipinski definition) is 1. The average molecular weight is 341 g/mol. The minimum atomic E-state index is -0.367. The van der Waals surface area contributed by atoms with Crippen LogP contribution in [0.3, 0.4) is 0 Å². The summed E-state index contributed by atoms with van der Waals surface area (Å²) in [4.78, 5) is 16.2. The summed E-state index contributed by atoms with van der Waals surface area (Å²) in [6.07, 6.45) is 0.650. The quantitative estimate of drug-likeness (QED) is 0.600. The van der Waals surface area contributed by atoms with E-state index in [1.165, 1.54) is 11.1 Å². The maximum Gasteiger partial charge on any atom is 0.237 e. The first-order chi connectivity index (χ1) is 12.7. The normalized spacial score (nSPS) is 10.9. The Kier molecular flexibility index (Phi) is 4.23. The Morgan fingerprint density at radius 3 is 2.23 bits per heavy atom. The van der Waals surface area contributed by atoms with E-state index in [0.29, 0.717) is 6.42 Å². The van der Waals surface area contributed by atoms with Gasteiger partial charge in [0.05, 0.1) is 11.0 Å². The van der Waals surface area contributed by atoms with E-state index in [1.807, 2.05) is 47.0 Å². The molecule has 1 heterocycles. The van der Waals surface area contributed by atoms with Crippen molar-refractivity contribution in [1.82, 2.24) is 9.55 Å². The third kappa shape index (κ3) is 3.22. The van der Waals surface area contributed by atoms with Crippen molar-refractivity contribution in [2.45, 2.75) is 13.0 Å². The summed E-state index contributed by atoms with van der Waals surface area (Å²) in [5.41, 5.74) is 10.8. The number of carbonyl (C=O) groups is 1. The molecular formula is C22H19N3O. The third-order valence-corrected chi connectivity index (χ3v) is 4.47. The molecule has 0 aliphatic rings. The highest BCUT2D eigenvalue weighted by Crippen LogP contribution is 2.22. The fourth-order valence-electron chi connectivity index (χ4n) is 3.22. The minimum Gasteiger partial charge on any atom is -0.368 e. The molecule has 0 atom stereocenters. The molecule has 0 aliphatic heterocycles. The maximum atomic E-state index is 11.5. The van der Waals surface area contributed by atoms with Crippen molar-refractivity contribution in [2.24, 2.45) is 5.73 Å². The molecule has 4 aromatic rings. The smallest absolute Gasteiger partial charge is 0.237 e. The van der Waals surface area contributed by atoms with Crippen LogP contribution in [0.2, 0.25) is 0 Å². The monoisotopic (exact) mass is 341 g/mol. The summed E-state index contributed by atoms with van der Waals surface area (Å²) in [5.74, 6) is 0.478. The third-order valence-electron chi connectivity index (χ3n) is 4.47. The predicted octanol–water partition coefficient (Wildman–Crippen LogP) is 3.78. The summed E-state index contributed by atoms with van der Waals surface area (Å²) in [7, 11) is 0. The molecule has 0 saturated carbocycles. The second-order valence-corrected chi connectivity index (χ2v) is 6.31. The Bertz CT molecular complexity index is 1050. The van der Waals surface area contributed by atoms with Gasteiger partial charge in [0.1, 0.15) is 12.4 Å². The Morgan fingerprint density at radius 1 is 0.846 bits per heavy atom. The molecule has 4 nitrogen and oxygen atoms in total. The molecule has 2 N–H and O–H groups in total. The molecule has 3 aromatic carbocycles. The van der Waals surface area contributed by atoms with Crippen LogP contribution in [0.25, 0.3) is 22.2 Å². The summed E-state index contributed by atoms with van der Waals surface area (Å²) >= 11 is 0. The Labute approximate surface area is 151 Å². The molecule has 0 saturated heterocycles. The number of imidazole rings is 1. The van der Waals surface area contributed by atoms with Gasteiger partial charge in [-0.2, -0.15) is 0 Å². The van der Waals surface area contributed by atoms with Crippen LogP contribution in [0, 0.1) is 0 Å². The van der Waals surface area contributed by atoms with Crippen LogP contribution in [0.15, 0.2) is 78.9 Å². The van der Waals surface area contributed by atoms with Crippen molar-refractivity contribution in [2.75, 3.05) is 0 Å². The molecule has 1 aromatic heterocycles. The topological polar surface area (TPSA) is 60.9 Å². The van der Waals surface area contributed by atoms with Gasteiger partial charge in [-0.25, -0.2) is 4.98 Å². The van der Waals surface area contributed by atoms with E-state index in [2.05, 4.69) is 36.4 Å². The first-order valence-corrected chi connectivity index (χ1v) is 8.57. The van der Waals surface area contributed by atoms with E-state index in [-0.39, 0.29) is 12.5 Å². The zero-order valence-corrected chi connectivity index (χ0v) is 14.3. The molecule has 4 rings (SSSR count). The number of rotatable bonds is 5. The van der Waals surface area contributed by atoms with Gasteiger partial charge in [0.2, 0.25) is 5.91 Å². The van der Waals surface area contributed by atoms with Gasteiger partial charge in [-0.3, -0.25) is 4.79 Å². The van der Waals surface area contributed by atoms with Crippen molar-refractivity contribution in [3.8, 4) is 11.1 Å². The fourth-order valence-corrected chi connectivity index (χ4v) is 3.22. The van der Waals surface area contributed by atoms with Gasteiger partial charge in [0.25, 0.3) is 0 Å². The number of aromatic nitrogens is 2. The van der Waals surface area contributed by atoms with E-state index in [4.69, 9.17) is 10.7 Å². The second kappa shape index (κ2) is 6.84. The van der Waals surface area contributed by atoms with E-state index in [0.717, 1.165) is 22.4 Å². The van der Waals surface area contributed by atoms with Gasteiger partial charge in [0, 0.05) is 6.42 Å². The predicted molar refractivity (Wildman–Crippen MR) is 104 cm³/mol. The summed E-state index contributed by atoms with van der Waals surface area (Å²) in [5, 5.41) is 0. The zero-order valence-electron chi connectivity index (χ0n) is 14.3. The number of hydrogen-bond acceptors (Lipinski definition) is 2. The van der Waals surface area contributed by atoms with Gasteiger partial charge in [0.15, 0.2) is 0 Å². The Morgan fingerprint density at radius 2 is 1.50 bits per heavy atom. The molecule has 0 radical (unpaired) electrons. The molecule has 0 unspecified atom stereocenters. The molecular weight excluding hydrogens is 322 g/mol. The Hall–Kier alpha value is -3.40. The fraction of sp³-hybridized carbons (Fsp3) is 0.0909. The second-order valence-electron chi connectivity index (χ2n) is 6.31. The molecule has 26 heavy (non-hydrogen) atoms. The SMILES string of the molecule is NC(=O)Cn1c(Cc2ccc(-c3ccccc3)cc2)nc2ccccc21. The van der Waals surface area contributed by atoms with Crippen molar-refractivity contribution in [1.29, 1.82) is 0 Å². The first-order valence-electron chi connectivity index (χ1n) is 8.57. The molecule has 0 aliphatic carbocycles. The van der Waals surface area contributed by atoms with Crippen LogP contribution >= 0.6 is 0 Å². The van der Waals surface area contributed by atoms with Gasteiger partial charge < -0.3 is 10.3 Å². The van der Waals surface area contributed by atoms with E-state index in [9.17, 15) is 4.79 Å². The van der Waals surface area contributed by atoms with Crippen LogP contribution < -0.4 is 5.73 Å². The number of amides is 1. The van der Waals surface area contributed by atoms with Crippen molar-refractivity contribution in [3.63, 3.8) is 0 Å². The van der Waals surface area contributed by atoms with Crippen LogP contribution in [0.1, 0.15) is 11.4 Å². The number of fused-ring (bicyclic) bond motifs is 1. The lowest BCUT2D eigenvalue weighted by molar-refractivity contribution is -0.118. The molecule has 0 fully saturated rings. The van der Waals surface area contributed by atoms with Crippen LogP contribution in [0.4, 0.5) is 0 Å². The highest BCUT2D eigenvalue weighted by molar-refractivity contribution is 5.80. The van der Waals surface area contributed by atoms with Gasteiger partial charge >= 0.3 is 0 Å². The van der Waals surface area contributed by atoms with Gasteiger partial charge in [-0.05, 0) is 28.8 Å². The highest BCUT2D eigenvalue weighted by atomic mass is 16.1. The molecule has 1 amide bonds. The summed E-state index contributed by atoms with van der Waals surface area (Å²) in [6.45, 7) is 0.137. The number of para-hydroxylation sites is 2. The maximum absolute atomic E-state index is 11.5. The molecule has 4 heteroatoms. The average Bonchev–Trinajstić information content (AvgIpc) is 3.00. The highest BCUT2D eigenvalue weighted by Gasteiger charge is 2.12. The summed E-state index contributed by atoms with van der Waals surface area (Å²) in [6, 6.07) is 26.5. The zero-order chi connectivity index (χ0) is 17.9. The molecule has 128 valence electrons. The Balaban J connectivity index is 1.66.